The molecule has 0 heterocycles. The van der Waals surface area contributed by atoms with Crippen LogP contribution < -0.4 is 0 Å². The highest BCUT2D eigenvalue weighted by molar-refractivity contribution is 14.1. The van der Waals surface area contributed by atoms with Gasteiger partial charge in [0.15, 0.2) is 0 Å². The average molecular weight is 330 g/mol. The number of rotatable bonds is 3. The van der Waals surface area contributed by atoms with E-state index in [-0.39, 0.29) is 0 Å². The van der Waals surface area contributed by atoms with Gasteiger partial charge < -0.3 is 5.11 Å². The van der Waals surface area contributed by atoms with Crippen molar-refractivity contribution >= 4 is 22.6 Å². The summed E-state index contributed by atoms with van der Waals surface area (Å²) in [7, 11) is 0. The predicted octanol–water partition coefficient (Wildman–Crippen LogP) is 3.77. The van der Waals surface area contributed by atoms with Crippen LogP contribution >= 0.6 is 22.6 Å². The minimum Gasteiger partial charge on any atom is -0.390 e. The summed E-state index contributed by atoms with van der Waals surface area (Å²) in [6.07, 6.45) is 5.17. The summed E-state index contributed by atoms with van der Waals surface area (Å²) >= 11 is 2.31. The number of hydrogen-bond donors (Lipinski definition) is 1. The van der Waals surface area contributed by atoms with E-state index >= 15 is 0 Å². The maximum absolute atomic E-state index is 10.5. The molecule has 0 aliphatic heterocycles. The Morgan fingerprint density at radius 2 is 2.06 bits per heavy atom. The third kappa shape index (κ3) is 2.98. The molecule has 1 nitrogen and oxygen atoms in total. The van der Waals surface area contributed by atoms with E-state index in [1.165, 1.54) is 22.0 Å². The highest BCUT2D eigenvalue weighted by atomic mass is 127. The van der Waals surface area contributed by atoms with Crippen LogP contribution in [0.25, 0.3) is 0 Å². The molecule has 2 atom stereocenters. The maximum Gasteiger partial charge on any atom is 0.0690 e. The zero-order chi connectivity index (χ0) is 11.6. The zero-order valence-corrected chi connectivity index (χ0v) is 11.9. The van der Waals surface area contributed by atoms with Gasteiger partial charge in [0.05, 0.1) is 5.60 Å². The second-order valence-electron chi connectivity index (χ2n) is 5.04. The number of benzene rings is 1. The molecule has 1 aliphatic carbocycles. The van der Waals surface area contributed by atoms with Crippen LogP contribution in [0, 0.1) is 9.49 Å². The molecule has 0 aromatic heterocycles. The Hall–Kier alpha value is -0.0900. The normalized spacial score (nSPS) is 29.6. The molecule has 2 unspecified atom stereocenters. The first-order valence-corrected chi connectivity index (χ1v) is 7.16. The average Bonchev–Trinajstić information content (AvgIpc) is 2.64. The Morgan fingerprint density at radius 1 is 1.38 bits per heavy atom. The van der Waals surface area contributed by atoms with Crippen LogP contribution in [0.2, 0.25) is 0 Å². The molecule has 0 spiro atoms. The van der Waals surface area contributed by atoms with Crippen LogP contribution in [0.4, 0.5) is 0 Å². The molecule has 16 heavy (non-hydrogen) atoms. The second-order valence-corrected chi connectivity index (χ2v) is 6.29. The van der Waals surface area contributed by atoms with Gasteiger partial charge in [-0.05, 0) is 65.5 Å². The molecule has 2 heteroatoms. The van der Waals surface area contributed by atoms with Gasteiger partial charge in [-0.15, -0.1) is 0 Å². The lowest BCUT2D eigenvalue weighted by molar-refractivity contribution is 0.0437. The molecular weight excluding hydrogens is 311 g/mol. The van der Waals surface area contributed by atoms with Gasteiger partial charge in [-0.1, -0.05) is 25.5 Å². The lowest BCUT2D eigenvalue weighted by Crippen LogP contribution is -2.27. The quantitative estimate of drug-likeness (QED) is 0.837. The molecule has 1 N–H and O–H groups in total. The fourth-order valence-electron chi connectivity index (χ4n) is 2.71. The van der Waals surface area contributed by atoms with Crippen molar-refractivity contribution in [3.8, 4) is 0 Å². The van der Waals surface area contributed by atoms with Crippen molar-refractivity contribution < 1.29 is 5.11 Å². The van der Waals surface area contributed by atoms with Crippen molar-refractivity contribution in [1.82, 2.24) is 0 Å². The summed E-state index contributed by atoms with van der Waals surface area (Å²) in [6.45, 7) is 2.22. The molecule has 0 bridgehead atoms. The van der Waals surface area contributed by atoms with Gasteiger partial charge in [-0.3, -0.25) is 0 Å². The Kier molecular flexibility index (Phi) is 3.90. The number of halogens is 1. The summed E-state index contributed by atoms with van der Waals surface area (Å²) in [5.74, 6) is 0.730. The fourth-order valence-corrected chi connectivity index (χ4v) is 3.07. The summed E-state index contributed by atoms with van der Waals surface area (Å²) in [6, 6.07) is 8.51. The van der Waals surface area contributed by atoms with Gasteiger partial charge in [0.25, 0.3) is 0 Å². The Bertz CT molecular complexity index is 346. The summed E-state index contributed by atoms with van der Waals surface area (Å²) < 4.78 is 1.26. The minimum absolute atomic E-state index is 0.437. The molecule has 1 aromatic carbocycles. The Labute approximate surface area is 111 Å². The van der Waals surface area contributed by atoms with E-state index in [1.54, 1.807) is 0 Å². The van der Waals surface area contributed by atoms with Crippen LogP contribution in [0.15, 0.2) is 24.3 Å². The summed E-state index contributed by atoms with van der Waals surface area (Å²) in [5.41, 5.74) is 0.827. The van der Waals surface area contributed by atoms with Crippen LogP contribution in [0.1, 0.15) is 38.2 Å². The lowest BCUT2D eigenvalue weighted by atomic mass is 9.91. The monoisotopic (exact) mass is 330 g/mol. The highest BCUT2D eigenvalue weighted by Gasteiger charge is 2.36. The van der Waals surface area contributed by atoms with Crippen LogP contribution in [-0.2, 0) is 6.42 Å². The Morgan fingerprint density at radius 3 is 2.62 bits per heavy atom. The van der Waals surface area contributed by atoms with Crippen molar-refractivity contribution in [2.45, 2.75) is 44.6 Å². The first kappa shape index (κ1) is 12.4. The molecule has 0 radical (unpaired) electrons. The Balaban J connectivity index is 2.01. The van der Waals surface area contributed by atoms with E-state index in [0.717, 1.165) is 25.2 Å². The van der Waals surface area contributed by atoms with E-state index in [2.05, 4.69) is 53.8 Å². The van der Waals surface area contributed by atoms with Gasteiger partial charge in [-0.2, -0.15) is 0 Å². The summed E-state index contributed by atoms with van der Waals surface area (Å²) in [5, 5.41) is 10.5. The van der Waals surface area contributed by atoms with Gasteiger partial charge >= 0.3 is 0 Å². The molecule has 1 fully saturated rings. The summed E-state index contributed by atoms with van der Waals surface area (Å²) in [4.78, 5) is 0. The van der Waals surface area contributed by atoms with Crippen molar-refractivity contribution in [3.63, 3.8) is 0 Å². The van der Waals surface area contributed by atoms with Crippen molar-refractivity contribution in [2.75, 3.05) is 0 Å². The molecule has 2 rings (SSSR count). The topological polar surface area (TPSA) is 20.2 Å². The van der Waals surface area contributed by atoms with E-state index in [9.17, 15) is 5.11 Å². The fraction of sp³-hybridized carbons (Fsp3) is 0.571. The van der Waals surface area contributed by atoms with E-state index in [0.29, 0.717) is 0 Å². The second kappa shape index (κ2) is 5.05. The van der Waals surface area contributed by atoms with Crippen LogP contribution in [-0.4, -0.2) is 10.7 Å². The molecule has 1 aliphatic rings. The molecular formula is C14H19IO. The van der Waals surface area contributed by atoms with Gasteiger partial charge in [0, 0.05) is 9.99 Å². The van der Waals surface area contributed by atoms with E-state index in [1.807, 2.05) is 0 Å². The highest BCUT2D eigenvalue weighted by Crippen LogP contribution is 2.38. The van der Waals surface area contributed by atoms with Crippen molar-refractivity contribution in [2.24, 2.45) is 5.92 Å². The van der Waals surface area contributed by atoms with E-state index in [4.69, 9.17) is 0 Å². The predicted molar refractivity (Wildman–Crippen MR) is 75.4 cm³/mol. The van der Waals surface area contributed by atoms with E-state index < -0.39 is 5.60 Å². The van der Waals surface area contributed by atoms with Crippen LogP contribution in [0.3, 0.4) is 0 Å². The zero-order valence-electron chi connectivity index (χ0n) is 9.75. The molecule has 88 valence electrons. The maximum atomic E-state index is 10.5. The lowest BCUT2D eigenvalue weighted by Gasteiger charge is -2.23. The molecule has 0 amide bonds. The van der Waals surface area contributed by atoms with Gasteiger partial charge in [0.2, 0.25) is 0 Å². The molecule has 0 saturated heterocycles. The van der Waals surface area contributed by atoms with Gasteiger partial charge in [-0.25, -0.2) is 0 Å². The standard InChI is InChI=1S/C14H19IO/c1-2-11-7-8-14(16,9-11)10-12-3-5-13(15)6-4-12/h3-6,11,16H,2,7-10H2,1H3. The molecule has 1 saturated carbocycles. The number of hydrogen-bond acceptors (Lipinski definition) is 1. The third-order valence-corrected chi connectivity index (χ3v) is 4.43. The van der Waals surface area contributed by atoms with Crippen molar-refractivity contribution in [3.05, 3.63) is 33.4 Å². The minimum atomic E-state index is -0.437. The largest absolute Gasteiger partial charge is 0.390 e. The number of aliphatic hydroxyl groups is 1. The van der Waals surface area contributed by atoms with Crippen molar-refractivity contribution in [1.29, 1.82) is 0 Å². The van der Waals surface area contributed by atoms with Gasteiger partial charge in [0.1, 0.15) is 0 Å². The third-order valence-electron chi connectivity index (χ3n) is 3.71. The molecule has 1 aromatic rings. The smallest absolute Gasteiger partial charge is 0.0690 e. The SMILES string of the molecule is CCC1CCC(O)(Cc2ccc(I)cc2)C1. The van der Waals surface area contributed by atoms with Crippen LogP contribution in [0.5, 0.6) is 0 Å². The first-order chi connectivity index (χ1) is 7.61. The first-order valence-electron chi connectivity index (χ1n) is 6.08.